The van der Waals surface area contributed by atoms with Gasteiger partial charge in [0, 0.05) is 22.9 Å². The smallest absolute Gasteiger partial charge is 0.125 e. The molecule has 0 aliphatic carbocycles. The minimum absolute atomic E-state index is 0.177. The Kier molecular flexibility index (Phi) is 4.41. The molecule has 0 spiro atoms. The third-order valence-electron chi connectivity index (χ3n) is 3.76. The lowest BCUT2D eigenvalue weighted by Gasteiger charge is -2.35. The van der Waals surface area contributed by atoms with Crippen molar-refractivity contribution in [2.75, 3.05) is 32.1 Å². The van der Waals surface area contributed by atoms with Crippen LogP contribution in [0, 0.1) is 11.7 Å². The predicted molar refractivity (Wildman–Crippen MR) is 91.7 cm³/mol. The Labute approximate surface area is 135 Å². The van der Waals surface area contributed by atoms with Crippen molar-refractivity contribution in [1.29, 1.82) is 0 Å². The summed E-state index contributed by atoms with van der Waals surface area (Å²) in [5.41, 5.74) is 2.16. The second-order valence-corrected chi connectivity index (χ2v) is 7.24. The molecule has 0 unspecified atom stereocenters. The molecule has 0 aromatic heterocycles. The molecule has 0 saturated carbocycles. The van der Waals surface area contributed by atoms with Crippen molar-refractivity contribution in [2.24, 2.45) is 5.92 Å². The highest BCUT2D eigenvalue weighted by atomic mass is 32.2. The van der Waals surface area contributed by atoms with Gasteiger partial charge in [-0.05, 0) is 50.3 Å². The van der Waals surface area contributed by atoms with Crippen LogP contribution in [0.1, 0.15) is 6.92 Å². The zero-order valence-electron chi connectivity index (χ0n) is 13.2. The van der Waals surface area contributed by atoms with Crippen LogP contribution in [0.4, 0.5) is 15.8 Å². The van der Waals surface area contributed by atoms with E-state index in [2.05, 4.69) is 49.0 Å². The summed E-state index contributed by atoms with van der Waals surface area (Å²) in [6, 6.07) is 13.4. The zero-order chi connectivity index (χ0) is 15.7. The summed E-state index contributed by atoms with van der Waals surface area (Å²) in [7, 11) is 4.17. The van der Waals surface area contributed by atoms with Crippen LogP contribution in [0.3, 0.4) is 0 Å². The normalized spacial score (nSPS) is 14.7. The first-order chi connectivity index (χ1) is 10.5. The van der Waals surface area contributed by atoms with Crippen LogP contribution >= 0.6 is 11.8 Å². The van der Waals surface area contributed by atoms with E-state index < -0.39 is 0 Å². The van der Waals surface area contributed by atoms with Crippen molar-refractivity contribution in [3.05, 3.63) is 48.3 Å². The molecule has 1 aliphatic heterocycles. The monoisotopic (exact) mass is 316 g/mol. The lowest BCUT2D eigenvalue weighted by molar-refractivity contribution is 0.342. The van der Waals surface area contributed by atoms with Crippen molar-refractivity contribution in [3.8, 4) is 0 Å². The van der Waals surface area contributed by atoms with E-state index in [9.17, 15) is 4.39 Å². The number of fused-ring (bicyclic) bond motifs is 2. The maximum atomic E-state index is 13.7. The molecule has 2 aromatic rings. The Morgan fingerprint density at radius 2 is 1.82 bits per heavy atom. The van der Waals surface area contributed by atoms with E-state index >= 15 is 0 Å². The van der Waals surface area contributed by atoms with Crippen molar-refractivity contribution in [1.82, 2.24) is 4.90 Å². The largest absolute Gasteiger partial charge is 0.339 e. The first-order valence-corrected chi connectivity index (χ1v) is 8.35. The number of para-hydroxylation sites is 1. The highest BCUT2D eigenvalue weighted by Gasteiger charge is 2.24. The van der Waals surface area contributed by atoms with E-state index in [4.69, 9.17) is 0 Å². The molecule has 0 radical (unpaired) electrons. The Hall–Kier alpha value is -1.52. The standard InChI is InChI=1S/C18H21FN2S/c1-13(11-20(2)3)12-21-15-6-4-5-7-17(15)22-18-9-8-14(19)10-16(18)21/h4-10,13H,11-12H2,1-3H3/t13-/m1/s1. The van der Waals surface area contributed by atoms with Gasteiger partial charge in [-0.25, -0.2) is 4.39 Å². The third-order valence-corrected chi connectivity index (χ3v) is 4.89. The fourth-order valence-electron chi connectivity index (χ4n) is 2.99. The van der Waals surface area contributed by atoms with E-state index in [1.165, 1.54) is 10.6 Å². The summed E-state index contributed by atoms with van der Waals surface area (Å²) >= 11 is 1.72. The van der Waals surface area contributed by atoms with Gasteiger partial charge in [-0.3, -0.25) is 0 Å². The minimum Gasteiger partial charge on any atom is -0.339 e. The van der Waals surface area contributed by atoms with Crippen molar-refractivity contribution < 1.29 is 4.39 Å². The molecule has 1 aliphatic rings. The molecule has 0 saturated heterocycles. The molecule has 116 valence electrons. The Balaban J connectivity index is 1.98. The van der Waals surface area contributed by atoms with Gasteiger partial charge < -0.3 is 9.80 Å². The first-order valence-electron chi connectivity index (χ1n) is 7.53. The zero-order valence-corrected chi connectivity index (χ0v) is 14.0. The van der Waals surface area contributed by atoms with Gasteiger partial charge in [0.25, 0.3) is 0 Å². The van der Waals surface area contributed by atoms with E-state index in [1.54, 1.807) is 23.9 Å². The van der Waals surface area contributed by atoms with E-state index in [-0.39, 0.29) is 5.82 Å². The Bertz CT molecular complexity index is 672. The molecule has 0 N–H and O–H groups in total. The molecule has 2 aromatic carbocycles. The van der Waals surface area contributed by atoms with E-state index in [0.29, 0.717) is 5.92 Å². The lowest BCUT2D eigenvalue weighted by Crippen LogP contribution is -2.31. The van der Waals surface area contributed by atoms with Gasteiger partial charge >= 0.3 is 0 Å². The summed E-state index contributed by atoms with van der Waals surface area (Å²) in [6.45, 7) is 4.13. The topological polar surface area (TPSA) is 6.48 Å². The highest BCUT2D eigenvalue weighted by molar-refractivity contribution is 7.99. The van der Waals surface area contributed by atoms with Crippen LogP contribution in [0.15, 0.2) is 52.3 Å². The number of hydrogen-bond acceptors (Lipinski definition) is 3. The molecular weight excluding hydrogens is 295 g/mol. The number of hydrogen-bond donors (Lipinski definition) is 0. The molecule has 4 heteroatoms. The number of anilines is 2. The van der Waals surface area contributed by atoms with E-state index in [0.717, 1.165) is 23.7 Å². The van der Waals surface area contributed by atoms with Crippen LogP contribution in [-0.2, 0) is 0 Å². The van der Waals surface area contributed by atoms with Gasteiger partial charge in [0.2, 0.25) is 0 Å². The lowest BCUT2D eigenvalue weighted by atomic mass is 10.1. The molecule has 0 bridgehead atoms. The highest BCUT2D eigenvalue weighted by Crippen LogP contribution is 2.48. The average Bonchev–Trinajstić information content (AvgIpc) is 2.47. The van der Waals surface area contributed by atoms with Gasteiger partial charge in [-0.15, -0.1) is 0 Å². The molecular formula is C18H21FN2S. The molecule has 2 nitrogen and oxygen atoms in total. The molecule has 3 rings (SSSR count). The minimum atomic E-state index is -0.177. The molecule has 0 amide bonds. The number of nitrogens with zero attached hydrogens (tertiary/aromatic N) is 2. The maximum absolute atomic E-state index is 13.7. The van der Waals surface area contributed by atoms with Gasteiger partial charge in [-0.1, -0.05) is 30.8 Å². The fourth-order valence-corrected chi connectivity index (χ4v) is 4.07. The summed E-state index contributed by atoms with van der Waals surface area (Å²) in [5, 5.41) is 0. The summed E-state index contributed by atoms with van der Waals surface area (Å²) in [5.74, 6) is 0.311. The predicted octanol–water partition coefficient (Wildman–Crippen LogP) is 4.63. The van der Waals surface area contributed by atoms with Crippen LogP contribution in [0.2, 0.25) is 0 Å². The first kappa shape index (κ1) is 15.4. The van der Waals surface area contributed by atoms with Crippen LogP contribution in [0.25, 0.3) is 0 Å². The van der Waals surface area contributed by atoms with Crippen LogP contribution < -0.4 is 4.90 Å². The third kappa shape index (κ3) is 3.13. The van der Waals surface area contributed by atoms with Gasteiger partial charge in [0.15, 0.2) is 0 Å². The SMILES string of the molecule is C[C@H](CN(C)C)CN1c2ccccc2Sc2ccc(F)cc21. The number of benzene rings is 2. The molecule has 1 heterocycles. The van der Waals surface area contributed by atoms with E-state index in [1.807, 2.05) is 12.1 Å². The number of rotatable bonds is 4. The van der Waals surface area contributed by atoms with Crippen LogP contribution in [-0.4, -0.2) is 32.1 Å². The van der Waals surface area contributed by atoms with Gasteiger partial charge in [0.1, 0.15) is 5.82 Å². The summed E-state index contributed by atoms with van der Waals surface area (Å²) in [6.07, 6.45) is 0. The molecule has 1 atom stereocenters. The molecule has 0 fully saturated rings. The quantitative estimate of drug-likeness (QED) is 0.812. The average molecular weight is 316 g/mol. The maximum Gasteiger partial charge on any atom is 0.125 e. The summed E-state index contributed by atoms with van der Waals surface area (Å²) in [4.78, 5) is 6.82. The Morgan fingerprint density at radius 1 is 1.09 bits per heavy atom. The fraction of sp³-hybridized carbons (Fsp3) is 0.333. The van der Waals surface area contributed by atoms with Crippen LogP contribution in [0.5, 0.6) is 0 Å². The van der Waals surface area contributed by atoms with Crippen molar-refractivity contribution >= 4 is 23.1 Å². The van der Waals surface area contributed by atoms with Gasteiger partial charge in [-0.2, -0.15) is 0 Å². The van der Waals surface area contributed by atoms with Crippen molar-refractivity contribution in [3.63, 3.8) is 0 Å². The Morgan fingerprint density at radius 3 is 2.59 bits per heavy atom. The second-order valence-electron chi connectivity index (χ2n) is 6.16. The van der Waals surface area contributed by atoms with Gasteiger partial charge in [0.05, 0.1) is 11.4 Å². The van der Waals surface area contributed by atoms with Crippen molar-refractivity contribution in [2.45, 2.75) is 16.7 Å². The second kappa shape index (κ2) is 6.31. The summed E-state index contributed by atoms with van der Waals surface area (Å²) < 4.78 is 13.7. The number of halogens is 1. The molecule has 22 heavy (non-hydrogen) atoms.